The lowest BCUT2D eigenvalue weighted by Gasteiger charge is -2.35. The molecule has 6 heteroatoms. The first-order chi connectivity index (χ1) is 14.5. The molecule has 30 heavy (non-hydrogen) atoms. The van der Waals surface area contributed by atoms with Crippen molar-refractivity contribution in [2.75, 3.05) is 13.1 Å². The number of nitrogens with one attached hydrogen (secondary N) is 1. The summed E-state index contributed by atoms with van der Waals surface area (Å²) in [5.74, 6) is -0.104. The van der Waals surface area contributed by atoms with Gasteiger partial charge in [-0.2, -0.15) is 0 Å². The van der Waals surface area contributed by atoms with Gasteiger partial charge in [-0.25, -0.2) is 4.98 Å². The lowest BCUT2D eigenvalue weighted by atomic mass is 10.1. The molecule has 2 atom stereocenters. The second-order valence-electron chi connectivity index (χ2n) is 7.99. The van der Waals surface area contributed by atoms with E-state index < -0.39 is 0 Å². The third-order valence-electron chi connectivity index (χ3n) is 5.29. The number of hydrogen-bond donors (Lipinski definition) is 1. The molecule has 1 N–H and O–H groups in total. The van der Waals surface area contributed by atoms with Crippen LogP contribution in [0.25, 0.3) is 10.9 Å². The average molecular weight is 424 g/mol. The molecule has 2 aromatic carbocycles. The highest BCUT2D eigenvalue weighted by Gasteiger charge is 2.21. The maximum atomic E-state index is 12.5. The third-order valence-corrected chi connectivity index (χ3v) is 5.51. The predicted octanol–water partition coefficient (Wildman–Crippen LogP) is 4.43. The lowest BCUT2D eigenvalue weighted by Crippen LogP contribution is -2.44. The first kappa shape index (κ1) is 20.8. The molecule has 2 heterocycles. The van der Waals surface area contributed by atoms with E-state index in [4.69, 9.17) is 16.3 Å². The molecule has 1 amide bonds. The summed E-state index contributed by atoms with van der Waals surface area (Å²) in [6.45, 7) is 7.55. The minimum Gasteiger partial charge on any atom is -0.373 e. The second kappa shape index (κ2) is 9.13. The minimum absolute atomic E-state index is 0.104. The van der Waals surface area contributed by atoms with Gasteiger partial charge in [0.25, 0.3) is 5.91 Å². The normalized spacial score (nSPS) is 19.7. The zero-order valence-electron chi connectivity index (χ0n) is 17.3. The molecule has 0 bridgehead atoms. The van der Waals surface area contributed by atoms with Crippen LogP contribution >= 0.6 is 11.6 Å². The Morgan fingerprint density at radius 1 is 1.07 bits per heavy atom. The number of aromatic nitrogens is 1. The highest BCUT2D eigenvalue weighted by Crippen LogP contribution is 2.18. The standard InChI is InChI=1S/C24H26ClN3O2/c1-16-13-28(14-17(2)30-16)15-19-5-3-18(4-6-19)12-26-24(29)21-7-9-22-20(11-21)8-10-23(25)27-22/h3-11,16-17H,12-15H2,1-2H3,(H,26,29). The Hall–Kier alpha value is -2.47. The van der Waals surface area contributed by atoms with Gasteiger partial charge in [-0.1, -0.05) is 35.9 Å². The number of fused-ring (bicyclic) bond motifs is 1. The van der Waals surface area contributed by atoms with Crippen molar-refractivity contribution in [1.29, 1.82) is 0 Å². The first-order valence-electron chi connectivity index (χ1n) is 10.3. The fraction of sp³-hybridized carbons (Fsp3) is 0.333. The van der Waals surface area contributed by atoms with Crippen LogP contribution in [0.4, 0.5) is 0 Å². The van der Waals surface area contributed by atoms with E-state index in [1.54, 1.807) is 12.1 Å². The number of carbonyl (C=O) groups is 1. The number of benzene rings is 2. The van der Waals surface area contributed by atoms with Crippen LogP contribution in [0.15, 0.2) is 54.6 Å². The average Bonchev–Trinajstić information content (AvgIpc) is 2.72. The van der Waals surface area contributed by atoms with Crippen molar-refractivity contribution >= 4 is 28.4 Å². The van der Waals surface area contributed by atoms with Crippen molar-refractivity contribution in [3.8, 4) is 0 Å². The molecule has 1 aliphatic rings. The summed E-state index contributed by atoms with van der Waals surface area (Å²) in [6.07, 6.45) is 0.539. The number of carbonyl (C=O) groups excluding carboxylic acids is 1. The zero-order chi connectivity index (χ0) is 21.1. The van der Waals surface area contributed by atoms with Crippen LogP contribution in [0.5, 0.6) is 0 Å². The van der Waals surface area contributed by atoms with E-state index in [1.807, 2.05) is 18.2 Å². The summed E-state index contributed by atoms with van der Waals surface area (Å²) in [7, 11) is 0. The molecule has 1 aliphatic heterocycles. The predicted molar refractivity (Wildman–Crippen MR) is 120 cm³/mol. The van der Waals surface area contributed by atoms with Crippen molar-refractivity contribution < 1.29 is 9.53 Å². The molecule has 1 aromatic heterocycles. The molecule has 0 radical (unpaired) electrons. The quantitative estimate of drug-likeness (QED) is 0.617. The van der Waals surface area contributed by atoms with E-state index in [0.29, 0.717) is 17.3 Å². The Bertz CT molecular complexity index is 1030. The molecule has 1 saturated heterocycles. The van der Waals surface area contributed by atoms with Crippen LogP contribution in [0.3, 0.4) is 0 Å². The van der Waals surface area contributed by atoms with Crippen molar-refractivity contribution in [3.63, 3.8) is 0 Å². The number of amides is 1. The van der Waals surface area contributed by atoms with Crippen LogP contribution < -0.4 is 5.32 Å². The Balaban J connectivity index is 1.33. The summed E-state index contributed by atoms with van der Waals surface area (Å²) < 4.78 is 5.80. The van der Waals surface area contributed by atoms with E-state index in [0.717, 1.165) is 36.1 Å². The minimum atomic E-state index is -0.104. The van der Waals surface area contributed by atoms with Crippen molar-refractivity contribution in [3.05, 3.63) is 76.4 Å². The summed E-state index contributed by atoms with van der Waals surface area (Å²) in [5.41, 5.74) is 3.73. The fourth-order valence-electron chi connectivity index (χ4n) is 3.96. The fourth-order valence-corrected chi connectivity index (χ4v) is 4.11. The largest absolute Gasteiger partial charge is 0.373 e. The monoisotopic (exact) mass is 423 g/mol. The van der Waals surface area contributed by atoms with Gasteiger partial charge < -0.3 is 10.1 Å². The Morgan fingerprint density at radius 2 is 1.77 bits per heavy atom. The van der Waals surface area contributed by atoms with Crippen LogP contribution in [0.2, 0.25) is 5.15 Å². The zero-order valence-corrected chi connectivity index (χ0v) is 18.0. The van der Waals surface area contributed by atoms with E-state index in [-0.39, 0.29) is 18.1 Å². The van der Waals surface area contributed by atoms with Gasteiger partial charge in [0, 0.05) is 37.1 Å². The van der Waals surface area contributed by atoms with E-state index in [2.05, 4.69) is 53.3 Å². The molecular weight excluding hydrogens is 398 g/mol. The van der Waals surface area contributed by atoms with E-state index in [9.17, 15) is 4.79 Å². The molecule has 0 aliphatic carbocycles. The van der Waals surface area contributed by atoms with Gasteiger partial charge in [-0.3, -0.25) is 9.69 Å². The molecule has 4 rings (SSSR count). The highest BCUT2D eigenvalue weighted by molar-refractivity contribution is 6.29. The Kier molecular flexibility index (Phi) is 6.32. The molecule has 0 saturated carbocycles. The first-order valence-corrected chi connectivity index (χ1v) is 10.6. The molecule has 156 valence electrons. The van der Waals surface area contributed by atoms with Gasteiger partial charge >= 0.3 is 0 Å². The molecule has 2 unspecified atom stereocenters. The smallest absolute Gasteiger partial charge is 0.251 e. The second-order valence-corrected chi connectivity index (χ2v) is 8.38. The lowest BCUT2D eigenvalue weighted by molar-refractivity contribution is -0.0704. The number of morpholine rings is 1. The maximum Gasteiger partial charge on any atom is 0.251 e. The molecule has 1 fully saturated rings. The van der Waals surface area contributed by atoms with Crippen molar-refractivity contribution in [2.24, 2.45) is 0 Å². The summed E-state index contributed by atoms with van der Waals surface area (Å²) in [6, 6.07) is 17.5. The van der Waals surface area contributed by atoms with Crippen molar-refractivity contribution in [2.45, 2.75) is 39.1 Å². The number of halogens is 1. The van der Waals surface area contributed by atoms with Crippen LogP contribution in [0, 0.1) is 0 Å². The van der Waals surface area contributed by atoms with Gasteiger partial charge in [0.15, 0.2) is 0 Å². The van der Waals surface area contributed by atoms with E-state index >= 15 is 0 Å². The topological polar surface area (TPSA) is 54.5 Å². The van der Waals surface area contributed by atoms with E-state index in [1.165, 1.54) is 5.56 Å². The van der Waals surface area contributed by atoms with Crippen LogP contribution in [0.1, 0.15) is 35.3 Å². The van der Waals surface area contributed by atoms with Gasteiger partial charge in [-0.05, 0) is 55.3 Å². The SMILES string of the molecule is CC1CN(Cc2ccc(CNC(=O)c3ccc4nc(Cl)ccc4c3)cc2)CC(C)O1. The summed E-state index contributed by atoms with van der Waals surface area (Å²) in [4.78, 5) is 19.2. The molecular formula is C24H26ClN3O2. The molecule has 3 aromatic rings. The molecule has 5 nitrogen and oxygen atoms in total. The van der Waals surface area contributed by atoms with Gasteiger partial charge in [-0.15, -0.1) is 0 Å². The highest BCUT2D eigenvalue weighted by atomic mass is 35.5. The number of pyridine rings is 1. The van der Waals surface area contributed by atoms with Gasteiger partial charge in [0.2, 0.25) is 0 Å². The number of rotatable bonds is 5. The number of ether oxygens (including phenoxy) is 1. The van der Waals surface area contributed by atoms with Gasteiger partial charge in [0.05, 0.1) is 17.7 Å². The summed E-state index contributed by atoms with van der Waals surface area (Å²) >= 11 is 5.92. The van der Waals surface area contributed by atoms with Crippen LogP contribution in [-0.2, 0) is 17.8 Å². The van der Waals surface area contributed by atoms with Gasteiger partial charge in [0.1, 0.15) is 5.15 Å². The van der Waals surface area contributed by atoms with Crippen molar-refractivity contribution in [1.82, 2.24) is 15.2 Å². The van der Waals surface area contributed by atoms with Crippen LogP contribution in [-0.4, -0.2) is 41.1 Å². The number of hydrogen-bond acceptors (Lipinski definition) is 4. The Labute approximate surface area is 182 Å². The maximum absolute atomic E-state index is 12.5. The summed E-state index contributed by atoms with van der Waals surface area (Å²) in [5, 5.41) is 4.33. The third kappa shape index (κ3) is 5.17. The Morgan fingerprint density at radius 3 is 2.50 bits per heavy atom. The molecule has 0 spiro atoms. The number of nitrogens with zero attached hydrogens (tertiary/aromatic N) is 2.